The summed E-state index contributed by atoms with van der Waals surface area (Å²) in [6.45, 7) is 0.321. The number of carbonyl (C=O) groups is 1. The maximum Gasteiger partial charge on any atom is 0.407 e. The van der Waals surface area contributed by atoms with Crippen molar-refractivity contribution in [1.82, 2.24) is 5.32 Å². The lowest BCUT2D eigenvalue weighted by atomic mass is 10.1. The zero-order valence-electron chi connectivity index (χ0n) is 9.56. The molecule has 0 unspecified atom stereocenters. The van der Waals surface area contributed by atoms with Crippen LogP contribution in [0.15, 0.2) is 18.2 Å². The minimum atomic E-state index is -0.400. The first-order valence-electron chi connectivity index (χ1n) is 4.90. The predicted octanol–water partition coefficient (Wildman–Crippen LogP) is 1.91. The van der Waals surface area contributed by atoms with Crippen molar-refractivity contribution >= 4 is 18.5 Å². The monoisotopic (exact) mass is 259 g/mol. The highest BCUT2D eigenvalue weighted by Gasteiger charge is 2.26. The SMILES string of the molecule is COc1ccc([C@@H]2COC(=O)N2)c(OC)c1.Cl. The first-order chi connectivity index (χ1) is 7.74. The minimum absolute atomic E-state index is 0. The van der Waals surface area contributed by atoms with Crippen LogP contribution in [0.1, 0.15) is 11.6 Å². The van der Waals surface area contributed by atoms with Gasteiger partial charge in [-0.15, -0.1) is 12.4 Å². The topological polar surface area (TPSA) is 56.8 Å². The van der Waals surface area contributed by atoms with Gasteiger partial charge in [0, 0.05) is 11.6 Å². The van der Waals surface area contributed by atoms with E-state index in [4.69, 9.17) is 14.2 Å². The largest absolute Gasteiger partial charge is 0.497 e. The summed E-state index contributed by atoms with van der Waals surface area (Å²) < 4.78 is 15.2. The first-order valence-corrected chi connectivity index (χ1v) is 4.90. The van der Waals surface area contributed by atoms with Gasteiger partial charge in [0.25, 0.3) is 0 Å². The van der Waals surface area contributed by atoms with Gasteiger partial charge in [-0.3, -0.25) is 0 Å². The number of cyclic esters (lactones) is 1. The second-order valence-corrected chi connectivity index (χ2v) is 3.40. The molecule has 1 fully saturated rings. The Morgan fingerprint density at radius 2 is 2.12 bits per heavy atom. The van der Waals surface area contributed by atoms with Gasteiger partial charge in [0.05, 0.1) is 20.3 Å². The Balaban J connectivity index is 0.00000144. The van der Waals surface area contributed by atoms with Crippen LogP contribution in [0, 0.1) is 0 Å². The number of amides is 1. The predicted molar refractivity (Wildman–Crippen MR) is 64.0 cm³/mol. The summed E-state index contributed by atoms with van der Waals surface area (Å²) in [6, 6.07) is 5.30. The van der Waals surface area contributed by atoms with Crippen LogP contribution in [0.5, 0.6) is 11.5 Å². The van der Waals surface area contributed by atoms with Gasteiger partial charge < -0.3 is 19.5 Å². The summed E-state index contributed by atoms with van der Waals surface area (Å²) in [5.74, 6) is 1.39. The molecule has 17 heavy (non-hydrogen) atoms. The van der Waals surface area contributed by atoms with Gasteiger partial charge in [-0.25, -0.2) is 4.79 Å². The molecule has 1 atom stereocenters. The van der Waals surface area contributed by atoms with Crippen molar-refractivity contribution < 1.29 is 19.0 Å². The van der Waals surface area contributed by atoms with Crippen LogP contribution in [0.2, 0.25) is 0 Å². The van der Waals surface area contributed by atoms with Crippen molar-refractivity contribution in [2.24, 2.45) is 0 Å². The number of rotatable bonds is 3. The zero-order chi connectivity index (χ0) is 11.5. The molecule has 1 aliphatic rings. The average Bonchev–Trinajstić information content (AvgIpc) is 2.74. The molecule has 1 aliphatic heterocycles. The molecule has 0 saturated carbocycles. The number of benzene rings is 1. The molecule has 0 bridgehead atoms. The highest BCUT2D eigenvalue weighted by Crippen LogP contribution is 2.31. The van der Waals surface area contributed by atoms with E-state index in [0.29, 0.717) is 18.1 Å². The van der Waals surface area contributed by atoms with Gasteiger partial charge in [0.1, 0.15) is 18.1 Å². The Bertz CT molecular complexity index is 410. The molecule has 1 heterocycles. The molecular weight excluding hydrogens is 246 g/mol. The van der Waals surface area contributed by atoms with E-state index in [-0.39, 0.29) is 18.4 Å². The van der Waals surface area contributed by atoms with Crippen molar-refractivity contribution in [2.75, 3.05) is 20.8 Å². The van der Waals surface area contributed by atoms with E-state index in [2.05, 4.69) is 5.32 Å². The molecule has 0 aliphatic carbocycles. The number of methoxy groups -OCH3 is 2. The second kappa shape index (κ2) is 5.63. The Kier molecular flexibility index (Phi) is 4.45. The molecule has 94 valence electrons. The smallest absolute Gasteiger partial charge is 0.407 e. The lowest BCUT2D eigenvalue weighted by molar-refractivity contribution is 0.177. The fourth-order valence-corrected chi connectivity index (χ4v) is 1.66. The maximum absolute atomic E-state index is 11.0. The highest BCUT2D eigenvalue weighted by molar-refractivity contribution is 5.85. The number of nitrogens with one attached hydrogen (secondary N) is 1. The number of carbonyl (C=O) groups excluding carboxylic acids is 1. The van der Waals surface area contributed by atoms with Crippen LogP contribution in [0.3, 0.4) is 0 Å². The van der Waals surface area contributed by atoms with Crippen molar-refractivity contribution in [1.29, 1.82) is 0 Å². The summed E-state index contributed by atoms with van der Waals surface area (Å²) in [5.41, 5.74) is 0.883. The molecule has 2 rings (SSSR count). The van der Waals surface area contributed by atoms with Crippen LogP contribution in [-0.4, -0.2) is 26.9 Å². The number of ether oxygens (including phenoxy) is 3. The molecule has 1 saturated heterocycles. The molecule has 6 heteroatoms. The maximum atomic E-state index is 11.0. The van der Waals surface area contributed by atoms with Gasteiger partial charge in [0.2, 0.25) is 0 Å². The molecule has 1 aromatic carbocycles. The fraction of sp³-hybridized carbons (Fsp3) is 0.364. The highest BCUT2D eigenvalue weighted by atomic mass is 35.5. The summed E-state index contributed by atoms with van der Waals surface area (Å²) >= 11 is 0. The van der Waals surface area contributed by atoms with Crippen molar-refractivity contribution in [3.63, 3.8) is 0 Å². The molecule has 1 N–H and O–H groups in total. The third-order valence-electron chi connectivity index (χ3n) is 2.49. The first kappa shape index (κ1) is 13.4. The molecule has 0 spiro atoms. The summed E-state index contributed by atoms with van der Waals surface area (Å²) in [7, 11) is 3.17. The van der Waals surface area contributed by atoms with Crippen molar-refractivity contribution in [3.05, 3.63) is 23.8 Å². The summed E-state index contributed by atoms with van der Waals surface area (Å²) in [5, 5.41) is 2.70. The number of alkyl carbamates (subject to hydrolysis) is 1. The molecule has 5 nitrogen and oxygen atoms in total. The Morgan fingerprint density at radius 1 is 1.35 bits per heavy atom. The van der Waals surface area contributed by atoms with E-state index in [1.807, 2.05) is 12.1 Å². The number of hydrogen-bond donors (Lipinski definition) is 1. The molecule has 1 aromatic rings. The Labute approximate surface area is 105 Å². The number of hydrogen-bond acceptors (Lipinski definition) is 4. The van der Waals surface area contributed by atoms with E-state index in [0.717, 1.165) is 5.56 Å². The molecule has 1 amide bonds. The zero-order valence-corrected chi connectivity index (χ0v) is 10.4. The Morgan fingerprint density at radius 3 is 2.65 bits per heavy atom. The van der Waals surface area contributed by atoms with E-state index in [9.17, 15) is 4.79 Å². The van der Waals surface area contributed by atoms with Crippen molar-refractivity contribution in [3.8, 4) is 11.5 Å². The van der Waals surface area contributed by atoms with Crippen molar-refractivity contribution in [2.45, 2.75) is 6.04 Å². The van der Waals surface area contributed by atoms with Gasteiger partial charge in [0.15, 0.2) is 0 Å². The average molecular weight is 260 g/mol. The van der Waals surface area contributed by atoms with Crippen LogP contribution >= 0.6 is 12.4 Å². The number of halogens is 1. The molecule has 0 aromatic heterocycles. The normalized spacial score (nSPS) is 17.8. The van der Waals surface area contributed by atoms with E-state index in [1.165, 1.54) is 0 Å². The third kappa shape index (κ3) is 2.74. The second-order valence-electron chi connectivity index (χ2n) is 3.40. The minimum Gasteiger partial charge on any atom is -0.497 e. The fourth-order valence-electron chi connectivity index (χ4n) is 1.66. The van der Waals surface area contributed by atoms with Crippen LogP contribution in [0.25, 0.3) is 0 Å². The molecular formula is C11H14ClNO4. The van der Waals surface area contributed by atoms with Crippen LogP contribution < -0.4 is 14.8 Å². The lowest BCUT2D eigenvalue weighted by Crippen LogP contribution is -2.18. The molecule has 0 radical (unpaired) electrons. The van der Waals surface area contributed by atoms with E-state index in [1.54, 1.807) is 20.3 Å². The summed E-state index contributed by atoms with van der Waals surface area (Å²) in [4.78, 5) is 11.0. The van der Waals surface area contributed by atoms with Gasteiger partial charge >= 0.3 is 6.09 Å². The van der Waals surface area contributed by atoms with E-state index >= 15 is 0 Å². The quantitative estimate of drug-likeness (QED) is 0.901. The van der Waals surface area contributed by atoms with Crippen LogP contribution in [0.4, 0.5) is 4.79 Å². The van der Waals surface area contributed by atoms with Crippen LogP contribution in [-0.2, 0) is 4.74 Å². The third-order valence-corrected chi connectivity index (χ3v) is 2.49. The Hall–Kier alpha value is -1.62. The standard InChI is InChI=1S/C11H13NO4.ClH/c1-14-7-3-4-8(10(5-7)15-2)9-6-16-11(13)12-9;/h3-5,9H,6H2,1-2H3,(H,12,13);1H/t9-;/m0./s1. The van der Waals surface area contributed by atoms with Gasteiger partial charge in [-0.2, -0.15) is 0 Å². The van der Waals surface area contributed by atoms with Gasteiger partial charge in [-0.05, 0) is 12.1 Å². The van der Waals surface area contributed by atoms with E-state index < -0.39 is 6.09 Å². The summed E-state index contributed by atoms with van der Waals surface area (Å²) in [6.07, 6.45) is -0.400. The van der Waals surface area contributed by atoms with Gasteiger partial charge in [-0.1, -0.05) is 0 Å². The lowest BCUT2D eigenvalue weighted by Gasteiger charge is -2.13.